The Morgan fingerprint density at radius 1 is 1.20 bits per heavy atom. The second-order valence-electron chi connectivity index (χ2n) is 3.04. The monoisotopic (exact) mass is 140 g/mol. The summed E-state index contributed by atoms with van der Waals surface area (Å²) in [5, 5.41) is 0. The molecule has 1 heterocycles. The second-order valence-corrected chi connectivity index (χ2v) is 3.04. The van der Waals surface area contributed by atoms with Crippen molar-refractivity contribution in [2.24, 2.45) is 5.41 Å². The SMILES string of the molecule is O=C1CCC2(CC2)C(=O)O1. The highest BCUT2D eigenvalue weighted by Crippen LogP contribution is 2.52. The standard InChI is InChI=1S/C7H8O3/c8-5-1-2-7(3-4-7)6(9)10-5/h1-4H2. The Morgan fingerprint density at radius 2 is 1.90 bits per heavy atom. The quantitative estimate of drug-likeness (QED) is 0.366. The zero-order valence-corrected chi connectivity index (χ0v) is 5.55. The fraction of sp³-hybridized carbons (Fsp3) is 0.714. The van der Waals surface area contributed by atoms with Crippen molar-refractivity contribution < 1.29 is 14.3 Å². The fourth-order valence-electron chi connectivity index (χ4n) is 1.31. The Hall–Kier alpha value is -0.860. The molecule has 1 spiro atoms. The van der Waals surface area contributed by atoms with E-state index in [1.54, 1.807) is 0 Å². The third kappa shape index (κ3) is 0.664. The third-order valence-electron chi connectivity index (χ3n) is 2.30. The van der Waals surface area contributed by atoms with Gasteiger partial charge in [0, 0.05) is 6.42 Å². The van der Waals surface area contributed by atoms with Gasteiger partial charge in [0.05, 0.1) is 5.41 Å². The fourth-order valence-corrected chi connectivity index (χ4v) is 1.31. The number of ether oxygens (including phenoxy) is 1. The van der Waals surface area contributed by atoms with Crippen molar-refractivity contribution in [3.8, 4) is 0 Å². The van der Waals surface area contributed by atoms with Gasteiger partial charge in [-0.25, -0.2) is 0 Å². The van der Waals surface area contributed by atoms with Crippen molar-refractivity contribution in [1.29, 1.82) is 0 Å². The molecule has 1 saturated heterocycles. The number of cyclic esters (lactones) is 2. The molecule has 54 valence electrons. The summed E-state index contributed by atoms with van der Waals surface area (Å²) in [6.07, 6.45) is 2.97. The Bertz CT molecular complexity index is 203. The first-order chi connectivity index (χ1) is 4.73. The van der Waals surface area contributed by atoms with Gasteiger partial charge < -0.3 is 4.74 Å². The molecule has 0 N–H and O–H groups in total. The average molecular weight is 140 g/mol. The Morgan fingerprint density at radius 3 is 2.40 bits per heavy atom. The number of esters is 2. The highest BCUT2D eigenvalue weighted by Gasteiger charge is 2.54. The highest BCUT2D eigenvalue weighted by molar-refractivity contribution is 5.93. The summed E-state index contributed by atoms with van der Waals surface area (Å²) >= 11 is 0. The van der Waals surface area contributed by atoms with E-state index in [2.05, 4.69) is 4.74 Å². The van der Waals surface area contributed by atoms with Crippen LogP contribution in [0.1, 0.15) is 25.7 Å². The molecular weight excluding hydrogens is 132 g/mol. The molecule has 0 aromatic heterocycles. The minimum Gasteiger partial charge on any atom is -0.393 e. The predicted octanol–water partition coefficient (Wildman–Crippen LogP) is 0.630. The lowest BCUT2D eigenvalue weighted by molar-refractivity contribution is -0.168. The van der Waals surface area contributed by atoms with Crippen molar-refractivity contribution in [3.05, 3.63) is 0 Å². The predicted molar refractivity (Wildman–Crippen MR) is 32.0 cm³/mol. The molecule has 1 saturated carbocycles. The molecule has 1 aliphatic carbocycles. The number of hydrogen-bond acceptors (Lipinski definition) is 3. The molecule has 0 aromatic rings. The van der Waals surface area contributed by atoms with E-state index in [0.717, 1.165) is 12.8 Å². The summed E-state index contributed by atoms with van der Waals surface area (Å²) in [5.41, 5.74) is -0.214. The maximum Gasteiger partial charge on any atom is 0.319 e. The van der Waals surface area contributed by atoms with Crippen LogP contribution in [0.25, 0.3) is 0 Å². The summed E-state index contributed by atoms with van der Waals surface area (Å²) < 4.78 is 4.49. The van der Waals surface area contributed by atoms with Gasteiger partial charge in [-0.1, -0.05) is 0 Å². The van der Waals surface area contributed by atoms with Gasteiger partial charge in [0.2, 0.25) is 0 Å². The molecule has 10 heavy (non-hydrogen) atoms. The molecule has 0 radical (unpaired) electrons. The van der Waals surface area contributed by atoms with E-state index in [1.165, 1.54) is 0 Å². The molecule has 2 rings (SSSR count). The van der Waals surface area contributed by atoms with Gasteiger partial charge in [-0.3, -0.25) is 9.59 Å². The van der Waals surface area contributed by atoms with Gasteiger partial charge in [-0.2, -0.15) is 0 Å². The van der Waals surface area contributed by atoms with E-state index in [-0.39, 0.29) is 17.4 Å². The van der Waals surface area contributed by atoms with E-state index in [0.29, 0.717) is 12.8 Å². The van der Waals surface area contributed by atoms with Crippen molar-refractivity contribution in [1.82, 2.24) is 0 Å². The summed E-state index contributed by atoms with van der Waals surface area (Å²) in [7, 11) is 0. The van der Waals surface area contributed by atoms with Crippen LogP contribution in [0.15, 0.2) is 0 Å². The first kappa shape index (κ1) is 5.89. The lowest BCUT2D eigenvalue weighted by Gasteiger charge is -2.17. The molecule has 2 aliphatic rings. The smallest absolute Gasteiger partial charge is 0.319 e. The first-order valence-electron chi connectivity index (χ1n) is 3.48. The molecule has 0 aromatic carbocycles. The van der Waals surface area contributed by atoms with Gasteiger partial charge in [0.25, 0.3) is 0 Å². The van der Waals surface area contributed by atoms with E-state index in [9.17, 15) is 9.59 Å². The minimum absolute atomic E-state index is 0.214. The lowest BCUT2D eigenvalue weighted by atomic mass is 9.98. The van der Waals surface area contributed by atoms with Crippen LogP contribution in [0.2, 0.25) is 0 Å². The van der Waals surface area contributed by atoms with Crippen LogP contribution in [-0.4, -0.2) is 11.9 Å². The van der Waals surface area contributed by atoms with Crippen LogP contribution in [0.5, 0.6) is 0 Å². The van der Waals surface area contributed by atoms with Gasteiger partial charge in [-0.15, -0.1) is 0 Å². The van der Waals surface area contributed by atoms with Crippen LogP contribution in [0, 0.1) is 5.41 Å². The highest BCUT2D eigenvalue weighted by atomic mass is 16.6. The maximum absolute atomic E-state index is 10.9. The molecule has 0 atom stereocenters. The number of rotatable bonds is 0. The van der Waals surface area contributed by atoms with Crippen LogP contribution in [-0.2, 0) is 14.3 Å². The Labute approximate surface area is 58.4 Å². The summed E-state index contributed by atoms with van der Waals surface area (Å²) in [6, 6.07) is 0. The van der Waals surface area contributed by atoms with Crippen LogP contribution in [0.4, 0.5) is 0 Å². The number of hydrogen-bond donors (Lipinski definition) is 0. The summed E-state index contributed by atoms with van der Waals surface area (Å²) in [6.45, 7) is 0. The number of carbonyl (C=O) groups excluding carboxylic acids is 2. The first-order valence-corrected chi connectivity index (χ1v) is 3.48. The molecular formula is C7H8O3. The van der Waals surface area contributed by atoms with Crippen molar-refractivity contribution in [2.45, 2.75) is 25.7 Å². The van der Waals surface area contributed by atoms with Crippen molar-refractivity contribution >= 4 is 11.9 Å². The molecule has 0 unspecified atom stereocenters. The molecule has 3 heteroatoms. The lowest BCUT2D eigenvalue weighted by Crippen LogP contribution is -2.28. The van der Waals surface area contributed by atoms with Gasteiger partial charge in [-0.05, 0) is 19.3 Å². The molecule has 0 bridgehead atoms. The molecule has 1 aliphatic heterocycles. The third-order valence-corrected chi connectivity index (χ3v) is 2.30. The zero-order chi connectivity index (χ0) is 7.19. The Balaban J connectivity index is 2.15. The minimum atomic E-state index is -0.359. The van der Waals surface area contributed by atoms with Crippen molar-refractivity contribution in [2.75, 3.05) is 0 Å². The van der Waals surface area contributed by atoms with E-state index < -0.39 is 0 Å². The van der Waals surface area contributed by atoms with E-state index in [4.69, 9.17) is 0 Å². The van der Waals surface area contributed by atoms with Gasteiger partial charge >= 0.3 is 11.9 Å². The summed E-state index contributed by atoms with van der Waals surface area (Å²) in [4.78, 5) is 21.5. The second kappa shape index (κ2) is 1.59. The molecule has 2 fully saturated rings. The van der Waals surface area contributed by atoms with Crippen molar-refractivity contribution in [3.63, 3.8) is 0 Å². The van der Waals surface area contributed by atoms with Crippen LogP contribution in [0.3, 0.4) is 0 Å². The van der Waals surface area contributed by atoms with Crippen LogP contribution < -0.4 is 0 Å². The maximum atomic E-state index is 10.9. The van der Waals surface area contributed by atoms with E-state index in [1.807, 2.05) is 0 Å². The molecule has 0 amide bonds. The Kier molecular flexibility index (Phi) is 0.938. The molecule has 3 nitrogen and oxygen atoms in total. The zero-order valence-electron chi connectivity index (χ0n) is 5.55. The normalized spacial score (nSPS) is 28.4. The summed E-state index contributed by atoms with van der Waals surface area (Å²) in [5.74, 6) is -0.647. The van der Waals surface area contributed by atoms with Crippen LogP contribution >= 0.6 is 0 Å². The largest absolute Gasteiger partial charge is 0.393 e. The number of carbonyl (C=O) groups is 2. The topological polar surface area (TPSA) is 43.4 Å². The van der Waals surface area contributed by atoms with Gasteiger partial charge in [0.1, 0.15) is 0 Å². The van der Waals surface area contributed by atoms with E-state index >= 15 is 0 Å². The average Bonchev–Trinajstić information content (AvgIpc) is 2.62. The van der Waals surface area contributed by atoms with Gasteiger partial charge in [0.15, 0.2) is 0 Å².